The Kier molecular flexibility index (Phi) is 7.67. The fourth-order valence-corrected chi connectivity index (χ4v) is 3.06. The number of nitrogens with zero attached hydrogens (tertiary/aromatic N) is 2. The lowest BCUT2D eigenvalue weighted by Gasteiger charge is -2.23. The van der Waals surface area contributed by atoms with Gasteiger partial charge in [-0.15, -0.1) is 0 Å². The molecule has 0 unspecified atom stereocenters. The summed E-state index contributed by atoms with van der Waals surface area (Å²) in [5, 5.41) is 12.8. The zero-order valence-corrected chi connectivity index (χ0v) is 19.7. The number of benzene rings is 2. The van der Waals surface area contributed by atoms with E-state index in [4.69, 9.17) is 4.74 Å². The van der Waals surface area contributed by atoms with E-state index in [1.807, 2.05) is 75.6 Å². The molecule has 0 aliphatic rings. The van der Waals surface area contributed by atoms with E-state index in [-0.39, 0.29) is 5.76 Å². The van der Waals surface area contributed by atoms with Gasteiger partial charge in [-0.2, -0.15) is 0 Å². The molecule has 0 aliphatic heterocycles. The molecule has 0 radical (unpaired) electrons. The Balaban J connectivity index is 1.65. The third kappa shape index (κ3) is 6.32. The summed E-state index contributed by atoms with van der Waals surface area (Å²) in [4.78, 5) is 9.03. The standard InChI is InChI=1S/C28H31N3O2/c1-20-8-6-7-9-25(20)27(29-5)18-30-16-22-10-15-26(31-17-22)23-11-13-24(14-12-23)33-19-28(3,4)21(2)32/h6-18,29,32H,2,19H2,1,3-5H3/b27-18-,30-16+. The fraction of sp³-hybridized carbons (Fsp3) is 0.214. The highest BCUT2D eigenvalue weighted by molar-refractivity contribution is 5.81. The van der Waals surface area contributed by atoms with E-state index < -0.39 is 5.41 Å². The van der Waals surface area contributed by atoms with E-state index in [1.165, 1.54) is 5.56 Å². The highest BCUT2D eigenvalue weighted by Gasteiger charge is 2.22. The van der Waals surface area contributed by atoms with E-state index in [2.05, 4.69) is 40.9 Å². The zero-order valence-electron chi connectivity index (χ0n) is 19.7. The Labute approximate surface area is 196 Å². The van der Waals surface area contributed by atoms with Crippen LogP contribution in [0.25, 0.3) is 17.0 Å². The number of aliphatic hydroxyl groups excluding tert-OH is 1. The summed E-state index contributed by atoms with van der Waals surface area (Å²) in [6.07, 6.45) is 5.42. The molecule has 170 valence electrons. The molecule has 5 heteroatoms. The highest BCUT2D eigenvalue weighted by atomic mass is 16.5. The molecular formula is C28H31N3O2. The first-order valence-electron chi connectivity index (χ1n) is 10.8. The quantitative estimate of drug-likeness (QED) is 0.308. The SMILES string of the molecule is C=C(O)C(C)(C)COc1ccc(-c2ccc(/C=N/C=C(\NC)c3ccccc3C)cn2)cc1. The van der Waals surface area contributed by atoms with Crippen molar-refractivity contribution in [3.8, 4) is 17.0 Å². The third-order valence-corrected chi connectivity index (χ3v) is 5.45. The van der Waals surface area contributed by atoms with Crippen molar-refractivity contribution in [2.75, 3.05) is 13.7 Å². The van der Waals surface area contributed by atoms with Crippen molar-refractivity contribution < 1.29 is 9.84 Å². The second-order valence-electron chi connectivity index (χ2n) is 8.51. The Morgan fingerprint density at radius 2 is 1.85 bits per heavy atom. The number of ether oxygens (including phenoxy) is 1. The first kappa shape index (κ1) is 23.8. The first-order valence-corrected chi connectivity index (χ1v) is 10.8. The minimum absolute atomic E-state index is 0.111. The minimum atomic E-state index is -0.499. The number of aryl methyl sites for hydroxylation is 1. The van der Waals surface area contributed by atoms with Gasteiger partial charge >= 0.3 is 0 Å². The largest absolute Gasteiger partial charge is 0.512 e. The van der Waals surface area contributed by atoms with Crippen molar-refractivity contribution >= 4 is 11.9 Å². The molecular weight excluding hydrogens is 410 g/mol. The van der Waals surface area contributed by atoms with Crippen LogP contribution in [0.4, 0.5) is 0 Å². The van der Waals surface area contributed by atoms with Crippen molar-refractivity contribution in [2.45, 2.75) is 20.8 Å². The number of hydrogen-bond acceptors (Lipinski definition) is 5. The number of aromatic nitrogens is 1. The highest BCUT2D eigenvalue weighted by Crippen LogP contribution is 2.26. The van der Waals surface area contributed by atoms with Gasteiger partial charge in [-0.3, -0.25) is 9.98 Å². The lowest BCUT2D eigenvalue weighted by Crippen LogP contribution is -2.23. The molecule has 0 spiro atoms. The van der Waals surface area contributed by atoms with Crippen LogP contribution in [0.2, 0.25) is 0 Å². The second-order valence-corrected chi connectivity index (χ2v) is 8.51. The topological polar surface area (TPSA) is 66.7 Å². The molecule has 2 N–H and O–H groups in total. The van der Waals surface area contributed by atoms with Crippen LogP contribution in [0, 0.1) is 12.3 Å². The fourth-order valence-electron chi connectivity index (χ4n) is 3.06. The number of nitrogens with one attached hydrogen (secondary N) is 1. The predicted octanol–water partition coefficient (Wildman–Crippen LogP) is 6.17. The molecule has 0 saturated carbocycles. The van der Waals surface area contributed by atoms with Crippen LogP contribution in [-0.4, -0.2) is 30.0 Å². The lowest BCUT2D eigenvalue weighted by molar-refractivity contribution is 0.159. The summed E-state index contributed by atoms with van der Waals surface area (Å²) < 4.78 is 5.78. The molecule has 5 nitrogen and oxygen atoms in total. The molecule has 0 bridgehead atoms. The number of aliphatic hydroxyl groups is 1. The average molecular weight is 442 g/mol. The van der Waals surface area contributed by atoms with Gasteiger partial charge in [0, 0.05) is 36.1 Å². The van der Waals surface area contributed by atoms with Gasteiger partial charge in [0.25, 0.3) is 0 Å². The van der Waals surface area contributed by atoms with Crippen molar-refractivity contribution in [2.24, 2.45) is 10.4 Å². The maximum absolute atomic E-state index is 9.63. The van der Waals surface area contributed by atoms with Crippen LogP contribution >= 0.6 is 0 Å². The average Bonchev–Trinajstić information content (AvgIpc) is 2.82. The molecule has 3 aromatic rings. The monoisotopic (exact) mass is 441 g/mol. The maximum Gasteiger partial charge on any atom is 0.119 e. The van der Waals surface area contributed by atoms with Gasteiger partial charge in [-0.1, -0.05) is 30.8 Å². The Morgan fingerprint density at radius 1 is 1.12 bits per heavy atom. The van der Waals surface area contributed by atoms with Crippen molar-refractivity contribution in [1.29, 1.82) is 0 Å². The van der Waals surface area contributed by atoms with Crippen molar-refractivity contribution in [3.63, 3.8) is 0 Å². The molecule has 0 fully saturated rings. The normalized spacial score (nSPS) is 12.1. The van der Waals surface area contributed by atoms with Gasteiger partial charge in [0.2, 0.25) is 0 Å². The second kappa shape index (κ2) is 10.6. The molecule has 0 amide bonds. The molecule has 0 aliphatic carbocycles. The first-order chi connectivity index (χ1) is 15.8. The van der Waals surface area contributed by atoms with Crippen LogP contribution in [0.1, 0.15) is 30.5 Å². The van der Waals surface area contributed by atoms with Gasteiger partial charge in [-0.05, 0) is 62.7 Å². The van der Waals surface area contributed by atoms with Crippen LogP contribution in [0.5, 0.6) is 5.75 Å². The molecule has 3 rings (SSSR count). The van der Waals surface area contributed by atoms with Gasteiger partial charge in [0.1, 0.15) is 12.4 Å². The van der Waals surface area contributed by atoms with Crippen LogP contribution < -0.4 is 10.1 Å². The summed E-state index contributed by atoms with van der Waals surface area (Å²) in [7, 11) is 1.89. The summed E-state index contributed by atoms with van der Waals surface area (Å²) in [6, 6.07) is 19.9. The Bertz CT molecular complexity index is 1140. The third-order valence-electron chi connectivity index (χ3n) is 5.45. The number of rotatable bonds is 9. The maximum atomic E-state index is 9.63. The Morgan fingerprint density at radius 3 is 2.45 bits per heavy atom. The van der Waals surface area contributed by atoms with Gasteiger partial charge in [0.05, 0.1) is 28.8 Å². The lowest BCUT2D eigenvalue weighted by atomic mass is 9.93. The minimum Gasteiger partial charge on any atom is -0.512 e. The smallest absolute Gasteiger partial charge is 0.119 e. The zero-order chi connectivity index (χ0) is 23.8. The van der Waals surface area contributed by atoms with E-state index in [0.717, 1.165) is 33.8 Å². The molecule has 1 heterocycles. The summed E-state index contributed by atoms with van der Waals surface area (Å²) in [5.41, 5.74) is 5.56. The summed E-state index contributed by atoms with van der Waals surface area (Å²) in [6.45, 7) is 9.80. The van der Waals surface area contributed by atoms with Crippen LogP contribution in [0.15, 0.2) is 90.4 Å². The van der Waals surface area contributed by atoms with E-state index >= 15 is 0 Å². The van der Waals surface area contributed by atoms with Gasteiger partial charge in [0.15, 0.2) is 0 Å². The summed E-state index contributed by atoms with van der Waals surface area (Å²) in [5.74, 6) is 0.845. The number of pyridine rings is 1. The molecule has 0 saturated heterocycles. The molecule has 33 heavy (non-hydrogen) atoms. The van der Waals surface area contributed by atoms with E-state index in [9.17, 15) is 5.11 Å². The van der Waals surface area contributed by atoms with E-state index in [0.29, 0.717) is 6.61 Å². The van der Waals surface area contributed by atoms with Crippen LogP contribution in [-0.2, 0) is 0 Å². The molecule has 0 atom stereocenters. The number of aliphatic imine (C=N–C) groups is 1. The van der Waals surface area contributed by atoms with Crippen molar-refractivity contribution in [1.82, 2.24) is 10.3 Å². The van der Waals surface area contributed by atoms with Gasteiger partial charge in [-0.25, -0.2) is 0 Å². The van der Waals surface area contributed by atoms with E-state index in [1.54, 1.807) is 12.4 Å². The molecule has 1 aromatic heterocycles. The Hall–Kier alpha value is -3.86. The van der Waals surface area contributed by atoms with Gasteiger partial charge < -0.3 is 15.2 Å². The number of hydrogen-bond donors (Lipinski definition) is 2. The predicted molar refractivity (Wildman–Crippen MR) is 137 cm³/mol. The molecule has 2 aromatic carbocycles. The van der Waals surface area contributed by atoms with Crippen LogP contribution in [0.3, 0.4) is 0 Å². The summed E-state index contributed by atoms with van der Waals surface area (Å²) >= 11 is 0. The van der Waals surface area contributed by atoms with Crippen molar-refractivity contribution in [3.05, 3.63) is 102 Å².